The summed E-state index contributed by atoms with van der Waals surface area (Å²) in [4.78, 5) is 4.60. The van der Waals surface area contributed by atoms with Crippen LogP contribution in [0.25, 0.3) is 0 Å². The largest absolute Gasteiger partial charge is 0.368 e. The Kier molecular flexibility index (Phi) is 5.86. The monoisotopic (exact) mass is 299 g/mol. The van der Waals surface area contributed by atoms with E-state index >= 15 is 0 Å². The quantitative estimate of drug-likeness (QED) is 0.871. The van der Waals surface area contributed by atoms with Crippen LogP contribution in [0.2, 0.25) is 0 Å². The van der Waals surface area contributed by atoms with Crippen molar-refractivity contribution in [1.29, 1.82) is 0 Å². The van der Waals surface area contributed by atoms with Gasteiger partial charge in [-0.1, -0.05) is 25.9 Å². The standard InChI is InChI=1S/C14H25N3O2S/c1-5-15-10(4)12(9(2)3)14-16-13(17-19-14)11-8-20-7-6-18-11/h9-12,15H,5-8H2,1-4H3. The van der Waals surface area contributed by atoms with Gasteiger partial charge < -0.3 is 14.6 Å². The van der Waals surface area contributed by atoms with Crippen LogP contribution in [-0.4, -0.2) is 40.8 Å². The Hall–Kier alpha value is -0.590. The number of aromatic nitrogens is 2. The smallest absolute Gasteiger partial charge is 0.231 e. The summed E-state index contributed by atoms with van der Waals surface area (Å²) in [5, 5.41) is 7.58. The van der Waals surface area contributed by atoms with Crippen LogP contribution >= 0.6 is 11.8 Å². The molecule has 0 saturated carbocycles. The number of likely N-dealkylation sites (N-methyl/N-ethyl adjacent to an activating group) is 1. The van der Waals surface area contributed by atoms with Crippen LogP contribution in [0.4, 0.5) is 0 Å². The van der Waals surface area contributed by atoms with Gasteiger partial charge in [0.25, 0.3) is 0 Å². The van der Waals surface area contributed by atoms with Gasteiger partial charge in [0.2, 0.25) is 11.7 Å². The molecule has 0 aliphatic carbocycles. The van der Waals surface area contributed by atoms with Crippen molar-refractivity contribution in [3.63, 3.8) is 0 Å². The summed E-state index contributed by atoms with van der Waals surface area (Å²) in [7, 11) is 0. The maximum atomic E-state index is 5.70. The molecule has 3 unspecified atom stereocenters. The highest BCUT2D eigenvalue weighted by Crippen LogP contribution is 2.30. The van der Waals surface area contributed by atoms with E-state index in [1.807, 2.05) is 11.8 Å². The van der Waals surface area contributed by atoms with E-state index in [1.165, 1.54) is 0 Å². The van der Waals surface area contributed by atoms with E-state index in [9.17, 15) is 0 Å². The van der Waals surface area contributed by atoms with Crippen LogP contribution in [0.3, 0.4) is 0 Å². The Bertz CT molecular complexity index is 405. The molecule has 0 spiro atoms. The highest BCUT2D eigenvalue weighted by Gasteiger charge is 2.30. The van der Waals surface area contributed by atoms with Gasteiger partial charge in [-0.25, -0.2) is 0 Å². The zero-order valence-electron chi connectivity index (χ0n) is 12.8. The van der Waals surface area contributed by atoms with Crippen molar-refractivity contribution in [2.24, 2.45) is 5.92 Å². The van der Waals surface area contributed by atoms with E-state index in [4.69, 9.17) is 9.26 Å². The fourth-order valence-corrected chi connectivity index (χ4v) is 3.52. The van der Waals surface area contributed by atoms with Gasteiger partial charge in [-0.3, -0.25) is 0 Å². The van der Waals surface area contributed by atoms with Gasteiger partial charge in [0.15, 0.2) is 0 Å². The fourth-order valence-electron chi connectivity index (χ4n) is 2.68. The van der Waals surface area contributed by atoms with Crippen LogP contribution in [0.1, 0.15) is 51.4 Å². The number of nitrogens with one attached hydrogen (secondary N) is 1. The summed E-state index contributed by atoms with van der Waals surface area (Å²) in [5.41, 5.74) is 0. The molecule has 0 aromatic carbocycles. The zero-order valence-corrected chi connectivity index (χ0v) is 13.6. The van der Waals surface area contributed by atoms with Crippen LogP contribution in [0, 0.1) is 5.92 Å². The Balaban J connectivity index is 2.11. The molecule has 1 aliphatic heterocycles. The second-order valence-electron chi connectivity index (χ2n) is 5.54. The summed E-state index contributed by atoms with van der Waals surface area (Å²) >= 11 is 1.88. The molecular formula is C14H25N3O2S. The maximum Gasteiger partial charge on any atom is 0.231 e. The Morgan fingerprint density at radius 3 is 2.80 bits per heavy atom. The third kappa shape index (κ3) is 3.74. The maximum absolute atomic E-state index is 5.70. The van der Waals surface area contributed by atoms with E-state index in [2.05, 4.69) is 43.2 Å². The molecule has 1 fully saturated rings. The Morgan fingerprint density at radius 2 is 2.20 bits per heavy atom. The van der Waals surface area contributed by atoms with E-state index in [0.717, 1.165) is 30.5 Å². The first-order chi connectivity index (χ1) is 9.63. The van der Waals surface area contributed by atoms with Crippen LogP contribution in [-0.2, 0) is 4.74 Å². The normalized spacial score (nSPS) is 22.9. The van der Waals surface area contributed by atoms with Crippen LogP contribution < -0.4 is 5.32 Å². The molecule has 0 bridgehead atoms. The minimum absolute atomic E-state index is 0.0199. The lowest BCUT2D eigenvalue weighted by atomic mass is 9.89. The van der Waals surface area contributed by atoms with Crippen molar-refractivity contribution in [3.05, 3.63) is 11.7 Å². The zero-order chi connectivity index (χ0) is 14.5. The molecule has 6 heteroatoms. The molecule has 0 radical (unpaired) electrons. The number of thioether (sulfide) groups is 1. The van der Waals surface area contributed by atoms with Gasteiger partial charge in [0, 0.05) is 17.5 Å². The second-order valence-corrected chi connectivity index (χ2v) is 6.69. The average Bonchev–Trinajstić information content (AvgIpc) is 2.89. The highest BCUT2D eigenvalue weighted by atomic mass is 32.2. The minimum Gasteiger partial charge on any atom is -0.368 e. The van der Waals surface area contributed by atoms with Gasteiger partial charge in [-0.05, 0) is 19.4 Å². The summed E-state index contributed by atoms with van der Waals surface area (Å²) in [6.45, 7) is 10.4. The predicted octanol–water partition coefficient (Wildman–Crippen LogP) is 2.61. The molecule has 1 aromatic rings. The molecule has 1 aliphatic rings. The van der Waals surface area contributed by atoms with Crippen molar-refractivity contribution < 1.29 is 9.26 Å². The fraction of sp³-hybridized carbons (Fsp3) is 0.857. The van der Waals surface area contributed by atoms with Crippen molar-refractivity contribution in [2.75, 3.05) is 24.7 Å². The molecular weight excluding hydrogens is 274 g/mol. The van der Waals surface area contributed by atoms with Crippen LogP contribution in [0.15, 0.2) is 4.52 Å². The number of ether oxygens (including phenoxy) is 1. The molecule has 3 atom stereocenters. The Labute approximate surface area is 125 Å². The van der Waals surface area contributed by atoms with Crippen LogP contribution in [0.5, 0.6) is 0 Å². The third-order valence-corrected chi connectivity index (χ3v) is 4.62. The molecule has 1 N–H and O–H groups in total. The van der Waals surface area contributed by atoms with Crippen molar-refractivity contribution in [2.45, 2.75) is 45.8 Å². The lowest BCUT2D eigenvalue weighted by Gasteiger charge is -2.24. The summed E-state index contributed by atoms with van der Waals surface area (Å²) in [6.07, 6.45) is -0.0199. The summed E-state index contributed by atoms with van der Waals surface area (Å²) in [6, 6.07) is 0.315. The lowest BCUT2D eigenvalue weighted by Crippen LogP contribution is -2.34. The van der Waals surface area contributed by atoms with Crippen molar-refractivity contribution >= 4 is 11.8 Å². The Morgan fingerprint density at radius 1 is 1.40 bits per heavy atom. The molecule has 2 rings (SSSR count). The molecule has 114 valence electrons. The van der Waals surface area contributed by atoms with Crippen molar-refractivity contribution in [3.8, 4) is 0 Å². The molecule has 0 amide bonds. The first-order valence-corrected chi connectivity index (χ1v) is 8.55. The first-order valence-electron chi connectivity index (χ1n) is 7.39. The average molecular weight is 299 g/mol. The lowest BCUT2D eigenvalue weighted by molar-refractivity contribution is 0.0677. The van der Waals surface area contributed by atoms with Gasteiger partial charge >= 0.3 is 0 Å². The molecule has 1 saturated heterocycles. The molecule has 5 nitrogen and oxygen atoms in total. The number of nitrogens with zero attached hydrogens (tertiary/aromatic N) is 2. The van der Waals surface area contributed by atoms with Gasteiger partial charge in [0.05, 0.1) is 12.5 Å². The third-order valence-electron chi connectivity index (χ3n) is 3.63. The second kappa shape index (κ2) is 7.43. The number of hydrogen-bond acceptors (Lipinski definition) is 6. The van der Waals surface area contributed by atoms with E-state index in [0.29, 0.717) is 17.8 Å². The topological polar surface area (TPSA) is 60.2 Å². The van der Waals surface area contributed by atoms with E-state index in [-0.39, 0.29) is 12.0 Å². The summed E-state index contributed by atoms with van der Waals surface area (Å²) < 4.78 is 11.2. The molecule has 2 heterocycles. The first kappa shape index (κ1) is 15.8. The van der Waals surface area contributed by atoms with Gasteiger partial charge in [0.1, 0.15) is 6.10 Å². The molecule has 1 aromatic heterocycles. The van der Waals surface area contributed by atoms with Crippen molar-refractivity contribution in [1.82, 2.24) is 15.5 Å². The number of hydrogen-bond donors (Lipinski definition) is 1. The summed E-state index contributed by atoms with van der Waals surface area (Å²) in [5.74, 6) is 4.05. The van der Waals surface area contributed by atoms with Gasteiger partial charge in [-0.15, -0.1) is 0 Å². The SMILES string of the molecule is CCNC(C)C(c1nc(C2CSCCO2)no1)C(C)C. The van der Waals surface area contributed by atoms with E-state index in [1.54, 1.807) is 0 Å². The van der Waals surface area contributed by atoms with E-state index < -0.39 is 0 Å². The minimum atomic E-state index is -0.0199. The number of rotatable bonds is 6. The predicted molar refractivity (Wildman–Crippen MR) is 81.0 cm³/mol. The highest BCUT2D eigenvalue weighted by molar-refractivity contribution is 7.99. The van der Waals surface area contributed by atoms with Gasteiger partial charge in [-0.2, -0.15) is 16.7 Å². The molecule has 20 heavy (non-hydrogen) atoms.